The maximum atomic E-state index is 13.3. The van der Waals surface area contributed by atoms with Crippen LogP contribution in [0.3, 0.4) is 0 Å². The van der Waals surface area contributed by atoms with Gasteiger partial charge in [-0.15, -0.1) is 0 Å². The standard InChI is InChI=1S/C20H21FN2O5S/c21-15-2-1-3-16(12-15)22-20(24)14-6-8-23(9-7-14)29(25,26)17-4-5-18-19(13-17)28-11-10-27-18/h1-5,12-14H,6-11H2,(H,22,24). The van der Waals surface area contributed by atoms with E-state index in [9.17, 15) is 17.6 Å². The number of carbonyl (C=O) groups excluding carboxylic acids is 1. The number of halogens is 1. The molecule has 9 heteroatoms. The number of amides is 1. The molecule has 2 aliphatic rings. The zero-order valence-electron chi connectivity index (χ0n) is 15.6. The second kappa shape index (κ2) is 8.00. The van der Waals surface area contributed by atoms with Crippen molar-refractivity contribution in [3.63, 3.8) is 0 Å². The fourth-order valence-corrected chi connectivity index (χ4v) is 4.99. The highest BCUT2D eigenvalue weighted by Crippen LogP contribution is 2.34. The SMILES string of the molecule is O=C(Nc1cccc(F)c1)C1CCN(S(=O)(=O)c2ccc3c(c2)OCCO3)CC1. The van der Waals surface area contributed by atoms with Gasteiger partial charge in [0.15, 0.2) is 11.5 Å². The number of nitrogens with zero attached hydrogens (tertiary/aromatic N) is 1. The number of ether oxygens (including phenoxy) is 2. The Hall–Kier alpha value is -2.65. The molecule has 1 amide bonds. The van der Waals surface area contributed by atoms with Gasteiger partial charge < -0.3 is 14.8 Å². The number of nitrogens with one attached hydrogen (secondary N) is 1. The lowest BCUT2D eigenvalue weighted by atomic mass is 9.97. The lowest BCUT2D eigenvalue weighted by Crippen LogP contribution is -2.41. The third-order valence-corrected chi connectivity index (χ3v) is 6.96. The maximum absolute atomic E-state index is 13.3. The Labute approximate surface area is 168 Å². The summed E-state index contributed by atoms with van der Waals surface area (Å²) in [5.41, 5.74) is 0.390. The van der Waals surface area contributed by atoms with Crippen molar-refractivity contribution >= 4 is 21.6 Å². The van der Waals surface area contributed by atoms with Crippen LogP contribution in [-0.2, 0) is 14.8 Å². The Bertz CT molecular complexity index is 1020. The van der Waals surface area contributed by atoms with Crippen LogP contribution < -0.4 is 14.8 Å². The van der Waals surface area contributed by atoms with Gasteiger partial charge in [-0.2, -0.15) is 4.31 Å². The van der Waals surface area contributed by atoms with Gasteiger partial charge in [0.25, 0.3) is 0 Å². The van der Waals surface area contributed by atoms with Crippen LogP contribution in [0.15, 0.2) is 47.4 Å². The first-order valence-electron chi connectivity index (χ1n) is 9.40. The summed E-state index contributed by atoms with van der Waals surface area (Å²) in [4.78, 5) is 12.6. The molecule has 2 aliphatic heterocycles. The van der Waals surface area contributed by atoms with Crippen LogP contribution in [0.5, 0.6) is 11.5 Å². The van der Waals surface area contributed by atoms with Crippen molar-refractivity contribution in [1.29, 1.82) is 0 Å². The predicted octanol–water partition coefficient (Wildman–Crippen LogP) is 2.64. The number of hydrogen-bond acceptors (Lipinski definition) is 5. The fourth-order valence-electron chi connectivity index (χ4n) is 3.50. The minimum atomic E-state index is -3.69. The molecule has 1 N–H and O–H groups in total. The second-order valence-corrected chi connectivity index (χ2v) is 8.92. The Morgan fingerprint density at radius 1 is 1.03 bits per heavy atom. The summed E-state index contributed by atoms with van der Waals surface area (Å²) in [5.74, 6) is -0.0373. The van der Waals surface area contributed by atoms with Crippen molar-refractivity contribution in [2.75, 3.05) is 31.6 Å². The van der Waals surface area contributed by atoms with Gasteiger partial charge in [0.05, 0.1) is 4.90 Å². The van der Waals surface area contributed by atoms with Gasteiger partial charge in [-0.25, -0.2) is 12.8 Å². The van der Waals surface area contributed by atoms with E-state index >= 15 is 0 Å². The van der Waals surface area contributed by atoms with Crippen molar-refractivity contribution in [1.82, 2.24) is 4.31 Å². The summed E-state index contributed by atoms with van der Waals surface area (Å²) in [6.07, 6.45) is 0.788. The Morgan fingerprint density at radius 2 is 1.76 bits per heavy atom. The van der Waals surface area contributed by atoms with E-state index in [1.807, 2.05) is 0 Å². The number of piperidine rings is 1. The highest BCUT2D eigenvalue weighted by molar-refractivity contribution is 7.89. The lowest BCUT2D eigenvalue weighted by molar-refractivity contribution is -0.120. The smallest absolute Gasteiger partial charge is 0.243 e. The van der Waals surface area contributed by atoms with Crippen LogP contribution in [0.2, 0.25) is 0 Å². The summed E-state index contributed by atoms with van der Waals surface area (Å²) < 4.78 is 51.5. The van der Waals surface area contributed by atoms with Crippen LogP contribution in [0.1, 0.15) is 12.8 Å². The minimum Gasteiger partial charge on any atom is -0.486 e. The van der Waals surface area contributed by atoms with Crippen LogP contribution in [0.25, 0.3) is 0 Å². The first-order chi connectivity index (χ1) is 13.9. The van der Waals surface area contributed by atoms with E-state index < -0.39 is 15.8 Å². The maximum Gasteiger partial charge on any atom is 0.243 e. The summed E-state index contributed by atoms with van der Waals surface area (Å²) in [6.45, 7) is 1.28. The molecular weight excluding hydrogens is 399 g/mol. The van der Waals surface area contributed by atoms with Crippen molar-refractivity contribution < 1.29 is 27.1 Å². The van der Waals surface area contributed by atoms with Crippen molar-refractivity contribution in [3.8, 4) is 11.5 Å². The van der Waals surface area contributed by atoms with Crippen LogP contribution in [-0.4, -0.2) is 44.9 Å². The third-order valence-electron chi connectivity index (χ3n) is 5.07. The van der Waals surface area contributed by atoms with E-state index in [-0.39, 0.29) is 29.8 Å². The lowest BCUT2D eigenvalue weighted by Gasteiger charge is -2.30. The topological polar surface area (TPSA) is 84.9 Å². The first kappa shape index (κ1) is 19.7. The molecular formula is C20H21FN2O5S. The van der Waals surface area contributed by atoms with Gasteiger partial charge >= 0.3 is 0 Å². The fraction of sp³-hybridized carbons (Fsp3) is 0.350. The van der Waals surface area contributed by atoms with Gasteiger partial charge in [0.2, 0.25) is 15.9 Å². The van der Waals surface area contributed by atoms with Gasteiger partial charge in [0, 0.05) is 30.8 Å². The van der Waals surface area contributed by atoms with Crippen LogP contribution in [0, 0.1) is 11.7 Å². The largest absolute Gasteiger partial charge is 0.486 e. The first-order valence-corrected chi connectivity index (χ1v) is 10.8. The number of carbonyl (C=O) groups is 1. The molecule has 7 nitrogen and oxygen atoms in total. The minimum absolute atomic E-state index is 0.143. The van der Waals surface area contributed by atoms with E-state index in [1.54, 1.807) is 12.1 Å². The number of fused-ring (bicyclic) bond motifs is 1. The quantitative estimate of drug-likeness (QED) is 0.822. The molecule has 2 heterocycles. The van der Waals surface area contributed by atoms with Gasteiger partial charge in [-0.05, 0) is 43.2 Å². The van der Waals surface area contributed by atoms with E-state index in [4.69, 9.17) is 9.47 Å². The molecule has 1 saturated heterocycles. The normalized spacial score (nSPS) is 17.7. The third kappa shape index (κ3) is 4.20. The zero-order valence-corrected chi connectivity index (χ0v) is 16.5. The number of hydrogen-bond donors (Lipinski definition) is 1. The van der Waals surface area contributed by atoms with E-state index in [2.05, 4.69) is 5.32 Å². The van der Waals surface area contributed by atoms with E-state index in [0.29, 0.717) is 43.2 Å². The molecule has 29 heavy (non-hydrogen) atoms. The summed E-state index contributed by atoms with van der Waals surface area (Å²) in [5, 5.41) is 2.69. The molecule has 0 unspecified atom stereocenters. The van der Waals surface area contributed by atoms with E-state index in [0.717, 1.165) is 0 Å². The van der Waals surface area contributed by atoms with Crippen molar-refractivity contribution in [3.05, 3.63) is 48.3 Å². The van der Waals surface area contributed by atoms with Gasteiger partial charge in [0.1, 0.15) is 19.0 Å². The molecule has 4 rings (SSSR count). The summed E-state index contributed by atoms with van der Waals surface area (Å²) in [6, 6.07) is 10.3. The van der Waals surface area contributed by atoms with Gasteiger partial charge in [-0.1, -0.05) is 6.07 Å². The van der Waals surface area contributed by atoms with Crippen LogP contribution in [0.4, 0.5) is 10.1 Å². The number of sulfonamides is 1. The second-order valence-electron chi connectivity index (χ2n) is 6.98. The van der Waals surface area contributed by atoms with Crippen LogP contribution >= 0.6 is 0 Å². The molecule has 2 aromatic carbocycles. The zero-order chi connectivity index (χ0) is 20.4. The molecule has 0 saturated carbocycles. The molecule has 154 valence electrons. The molecule has 0 aliphatic carbocycles. The Morgan fingerprint density at radius 3 is 2.48 bits per heavy atom. The highest BCUT2D eigenvalue weighted by atomic mass is 32.2. The van der Waals surface area contributed by atoms with E-state index in [1.165, 1.54) is 34.6 Å². The summed E-state index contributed by atoms with van der Waals surface area (Å²) >= 11 is 0. The molecule has 2 aromatic rings. The Balaban J connectivity index is 1.40. The molecule has 0 radical (unpaired) electrons. The molecule has 0 aromatic heterocycles. The predicted molar refractivity (Wildman–Crippen MR) is 104 cm³/mol. The van der Waals surface area contributed by atoms with Crippen molar-refractivity contribution in [2.24, 2.45) is 5.92 Å². The summed E-state index contributed by atoms with van der Waals surface area (Å²) in [7, 11) is -3.69. The average Bonchev–Trinajstić information content (AvgIpc) is 2.73. The van der Waals surface area contributed by atoms with Crippen molar-refractivity contribution in [2.45, 2.75) is 17.7 Å². The monoisotopic (exact) mass is 420 g/mol. The molecule has 0 spiro atoms. The number of rotatable bonds is 4. The molecule has 0 bridgehead atoms. The highest BCUT2D eigenvalue weighted by Gasteiger charge is 2.33. The average molecular weight is 420 g/mol. The Kier molecular flexibility index (Phi) is 5.42. The van der Waals surface area contributed by atoms with Gasteiger partial charge in [-0.3, -0.25) is 4.79 Å². The molecule has 0 atom stereocenters. The number of anilines is 1. The number of benzene rings is 2. The molecule has 1 fully saturated rings.